The second-order valence-corrected chi connectivity index (χ2v) is 7.02. The average Bonchev–Trinajstić information content (AvgIpc) is 2.68. The molecule has 6 heteroatoms. The molecule has 0 spiro atoms. The number of rotatable bonds is 6. The van der Waals surface area contributed by atoms with Gasteiger partial charge < -0.3 is 19.3 Å². The Labute approximate surface area is 159 Å². The zero-order valence-corrected chi connectivity index (χ0v) is 15.8. The number of carbonyl (C=O) groups is 1. The fourth-order valence-corrected chi connectivity index (χ4v) is 3.42. The van der Waals surface area contributed by atoms with Crippen LogP contribution in [0.15, 0.2) is 47.4 Å². The Morgan fingerprint density at radius 3 is 2.48 bits per heavy atom. The predicted molar refractivity (Wildman–Crippen MR) is 103 cm³/mol. The molecule has 6 nitrogen and oxygen atoms in total. The standard InChI is InChI=1S/C21H26N2O4/c1-15(23-12-11-19(4-3-13-24)27-21(23)26)16-5-7-17(8-6-16)18-9-10-20(25)22(2)14-18/h5-10,14-15,19,24H,3-4,11-13H2,1-2H3/t15-,19+/m0/s1. The highest BCUT2D eigenvalue weighted by Gasteiger charge is 2.30. The van der Waals surface area contributed by atoms with Gasteiger partial charge in [0.05, 0.1) is 6.04 Å². The van der Waals surface area contributed by atoms with Gasteiger partial charge in [0.1, 0.15) is 6.10 Å². The second-order valence-electron chi connectivity index (χ2n) is 7.02. The normalized spacial score (nSPS) is 18.3. The number of carbonyl (C=O) groups excluding carboxylic acids is 1. The van der Waals surface area contributed by atoms with Crippen LogP contribution in [-0.4, -0.2) is 39.9 Å². The lowest BCUT2D eigenvalue weighted by Crippen LogP contribution is -2.43. The SMILES string of the molecule is C[C@@H](c1ccc(-c2ccc(=O)n(C)c2)cc1)N1CC[C@@H](CCCO)OC1=O. The maximum Gasteiger partial charge on any atom is 0.410 e. The van der Waals surface area contributed by atoms with E-state index in [2.05, 4.69) is 0 Å². The lowest BCUT2D eigenvalue weighted by Gasteiger charge is -2.35. The van der Waals surface area contributed by atoms with Gasteiger partial charge in [-0.05, 0) is 42.5 Å². The minimum Gasteiger partial charge on any atom is -0.446 e. The molecule has 2 atom stereocenters. The molecule has 1 saturated heterocycles. The quantitative estimate of drug-likeness (QED) is 0.848. The minimum absolute atomic E-state index is 0.0371. The van der Waals surface area contributed by atoms with Gasteiger partial charge in [0.15, 0.2) is 0 Å². The van der Waals surface area contributed by atoms with Crippen molar-refractivity contribution in [2.75, 3.05) is 13.2 Å². The van der Waals surface area contributed by atoms with Gasteiger partial charge in [0, 0.05) is 38.9 Å². The summed E-state index contributed by atoms with van der Waals surface area (Å²) in [6, 6.07) is 11.3. The molecule has 0 saturated carbocycles. The number of benzene rings is 1. The molecule has 1 aromatic heterocycles. The van der Waals surface area contributed by atoms with Gasteiger partial charge in [-0.25, -0.2) is 4.79 Å². The van der Waals surface area contributed by atoms with Crippen LogP contribution in [-0.2, 0) is 11.8 Å². The summed E-state index contributed by atoms with van der Waals surface area (Å²) in [5.41, 5.74) is 2.99. The van der Waals surface area contributed by atoms with E-state index >= 15 is 0 Å². The van der Waals surface area contributed by atoms with Crippen LogP contribution in [0.25, 0.3) is 11.1 Å². The van der Waals surface area contributed by atoms with Gasteiger partial charge in [-0.3, -0.25) is 4.79 Å². The second kappa shape index (κ2) is 8.39. The molecule has 1 aliphatic rings. The Hall–Kier alpha value is -2.60. The molecule has 1 fully saturated rings. The van der Waals surface area contributed by atoms with Gasteiger partial charge in [-0.1, -0.05) is 24.3 Å². The van der Waals surface area contributed by atoms with Gasteiger partial charge in [0.25, 0.3) is 0 Å². The molecule has 1 N–H and O–H groups in total. The fourth-order valence-electron chi connectivity index (χ4n) is 3.42. The fraction of sp³-hybridized carbons (Fsp3) is 0.429. The summed E-state index contributed by atoms with van der Waals surface area (Å²) >= 11 is 0. The van der Waals surface area contributed by atoms with Crippen LogP contribution < -0.4 is 5.56 Å². The zero-order valence-electron chi connectivity index (χ0n) is 15.8. The Balaban J connectivity index is 1.69. The van der Waals surface area contributed by atoms with E-state index in [1.54, 1.807) is 22.6 Å². The number of pyridine rings is 1. The number of aliphatic hydroxyl groups is 1. The maximum absolute atomic E-state index is 12.3. The van der Waals surface area contributed by atoms with Gasteiger partial charge >= 0.3 is 6.09 Å². The van der Waals surface area contributed by atoms with Crippen molar-refractivity contribution in [1.29, 1.82) is 0 Å². The zero-order chi connectivity index (χ0) is 19.4. The number of aliphatic hydroxyl groups excluding tert-OH is 1. The van der Waals surface area contributed by atoms with Crippen molar-refractivity contribution in [2.24, 2.45) is 7.05 Å². The third-order valence-corrected chi connectivity index (χ3v) is 5.16. The number of hydrogen-bond acceptors (Lipinski definition) is 4. The first-order valence-corrected chi connectivity index (χ1v) is 9.34. The summed E-state index contributed by atoms with van der Waals surface area (Å²) in [5, 5.41) is 8.92. The number of nitrogens with zero attached hydrogens (tertiary/aromatic N) is 2. The number of amides is 1. The van der Waals surface area contributed by atoms with Crippen molar-refractivity contribution in [2.45, 2.75) is 38.3 Å². The first-order chi connectivity index (χ1) is 13.0. The number of ether oxygens (including phenoxy) is 1. The van der Waals surface area contributed by atoms with Crippen molar-refractivity contribution in [1.82, 2.24) is 9.47 Å². The van der Waals surface area contributed by atoms with Crippen molar-refractivity contribution in [3.63, 3.8) is 0 Å². The van der Waals surface area contributed by atoms with E-state index in [0.29, 0.717) is 19.4 Å². The van der Waals surface area contributed by atoms with E-state index in [1.165, 1.54) is 0 Å². The van der Waals surface area contributed by atoms with Crippen LogP contribution in [0.3, 0.4) is 0 Å². The molecular weight excluding hydrogens is 344 g/mol. The van der Waals surface area contributed by atoms with Crippen LogP contribution in [0.1, 0.15) is 37.8 Å². The molecule has 0 aliphatic carbocycles. The molecule has 3 rings (SSSR count). The van der Waals surface area contributed by atoms with Crippen molar-refractivity contribution in [3.05, 3.63) is 58.5 Å². The molecule has 1 aromatic carbocycles. The Bertz CT molecular complexity index is 844. The molecule has 1 aliphatic heterocycles. The van der Waals surface area contributed by atoms with Gasteiger partial charge in [-0.2, -0.15) is 0 Å². The summed E-state index contributed by atoms with van der Waals surface area (Å²) in [6.07, 6.45) is 3.57. The van der Waals surface area contributed by atoms with Crippen LogP contribution >= 0.6 is 0 Å². The third kappa shape index (κ3) is 4.39. The number of cyclic esters (lactones) is 1. The molecule has 2 heterocycles. The van der Waals surface area contributed by atoms with Crippen molar-refractivity contribution >= 4 is 6.09 Å². The van der Waals surface area contributed by atoms with E-state index in [1.807, 2.05) is 43.5 Å². The Morgan fingerprint density at radius 1 is 1.15 bits per heavy atom. The highest BCUT2D eigenvalue weighted by atomic mass is 16.6. The van der Waals surface area contributed by atoms with E-state index in [4.69, 9.17) is 9.84 Å². The minimum atomic E-state index is -0.293. The molecular formula is C21H26N2O4. The van der Waals surface area contributed by atoms with E-state index in [-0.39, 0.29) is 30.4 Å². The monoisotopic (exact) mass is 370 g/mol. The highest BCUT2D eigenvalue weighted by Crippen LogP contribution is 2.28. The number of aryl methyl sites for hydroxylation is 1. The molecule has 144 valence electrons. The van der Waals surface area contributed by atoms with Crippen LogP contribution in [0, 0.1) is 0 Å². The summed E-state index contributed by atoms with van der Waals surface area (Å²) in [6.45, 7) is 2.77. The lowest BCUT2D eigenvalue weighted by molar-refractivity contribution is 0.00760. The lowest BCUT2D eigenvalue weighted by atomic mass is 10.0. The molecule has 1 amide bonds. The smallest absolute Gasteiger partial charge is 0.410 e. The molecule has 27 heavy (non-hydrogen) atoms. The number of hydrogen-bond donors (Lipinski definition) is 1. The van der Waals surface area contributed by atoms with Crippen LogP contribution in [0.5, 0.6) is 0 Å². The first kappa shape index (κ1) is 19.2. The van der Waals surface area contributed by atoms with E-state index < -0.39 is 0 Å². The average molecular weight is 370 g/mol. The van der Waals surface area contributed by atoms with Crippen LogP contribution in [0.4, 0.5) is 4.79 Å². The van der Waals surface area contributed by atoms with Gasteiger partial charge in [-0.15, -0.1) is 0 Å². The first-order valence-electron chi connectivity index (χ1n) is 9.34. The van der Waals surface area contributed by atoms with Crippen LogP contribution in [0.2, 0.25) is 0 Å². The Kier molecular flexibility index (Phi) is 5.96. The molecule has 0 bridgehead atoms. The molecule has 0 unspecified atom stereocenters. The summed E-state index contributed by atoms with van der Waals surface area (Å²) < 4.78 is 7.06. The van der Waals surface area contributed by atoms with E-state index in [9.17, 15) is 9.59 Å². The van der Waals surface area contributed by atoms with Crippen molar-refractivity contribution in [3.8, 4) is 11.1 Å². The Morgan fingerprint density at radius 2 is 1.85 bits per heavy atom. The van der Waals surface area contributed by atoms with Gasteiger partial charge in [0.2, 0.25) is 5.56 Å². The van der Waals surface area contributed by atoms with E-state index in [0.717, 1.165) is 23.1 Å². The topological polar surface area (TPSA) is 71.8 Å². The largest absolute Gasteiger partial charge is 0.446 e. The summed E-state index contributed by atoms with van der Waals surface area (Å²) in [5.74, 6) is 0. The van der Waals surface area contributed by atoms with Crippen molar-refractivity contribution < 1.29 is 14.6 Å². The number of aromatic nitrogens is 1. The maximum atomic E-state index is 12.3. The molecule has 2 aromatic rings. The summed E-state index contributed by atoms with van der Waals surface area (Å²) in [4.78, 5) is 25.6. The predicted octanol–water partition coefficient (Wildman–Crippen LogP) is 3.10. The molecule has 0 radical (unpaired) electrons. The highest BCUT2D eigenvalue weighted by molar-refractivity contribution is 5.69. The summed E-state index contributed by atoms with van der Waals surface area (Å²) in [7, 11) is 1.73. The third-order valence-electron chi connectivity index (χ3n) is 5.16.